The maximum atomic E-state index is 11.5. The molecule has 0 saturated heterocycles. The third-order valence-electron chi connectivity index (χ3n) is 2.51. The minimum absolute atomic E-state index is 0.0303. The lowest BCUT2D eigenvalue weighted by Gasteiger charge is -2.14. The van der Waals surface area contributed by atoms with Crippen molar-refractivity contribution in [3.63, 3.8) is 0 Å². The molecule has 0 aliphatic carbocycles. The number of hydrogen-bond donors (Lipinski definition) is 4. The number of benzene rings is 1. The normalized spacial score (nSPS) is 12.5. The number of carboxylic acids is 1. The number of carboxylic acid groups (broad SMARTS) is 1. The molecule has 0 unspecified atom stereocenters. The molecule has 0 fully saturated rings. The van der Waals surface area contributed by atoms with Gasteiger partial charge in [-0.3, -0.25) is 4.57 Å². The van der Waals surface area contributed by atoms with E-state index in [2.05, 4.69) is 5.32 Å². The molecule has 9 heteroatoms. The molecule has 0 aliphatic rings. The number of amides is 1. The van der Waals surface area contributed by atoms with Gasteiger partial charge in [-0.15, -0.1) is 0 Å². The standard InChI is InChI=1S/C12H16NO7P/c14-11(15)10(6-7-21(17,18)19)13-12(16)20-8-9-4-2-1-3-5-9/h1-5,10H,6-8H2,(H,13,16)(H,14,15)(H2,17,18,19)/t10-/m0/s1. The molecule has 1 rings (SSSR count). The quantitative estimate of drug-likeness (QED) is 0.550. The third-order valence-corrected chi connectivity index (χ3v) is 3.35. The van der Waals surface area contributed by atoms with Crippen LogP contribution in [0.4, 0.5) is 4.79 Å². The van der Waals surface area contributed by atoms with E-state index in [4.69, 9.17) is 19.6 Å². The maximum absolute atomic E-state index is 11.5. The smallest absolute Gasteiger partial charge is 0.408 e. The highest BCUT2D eigenvalue weighted by atomic mass is 31.2. The molecule has 0 radical (unpaired) electrons. The summed E-state index contributed by atoms with van der Waals surface area (Å²) >= 11 is 0. The summed E-state index contributed by atoms with van der Waals surface area (Å²) in [4.78, 5) is 39.8. The van der Waals surface area contributed by atoms with Gasteiger partial charge in [-0.2, -0.15) is 0 Å². The van der Waals surface area contributed by atoms with Gasteiger partial charge in [0.15, 0.2) is 0 Å². The van der Waals surface area contributed by atoms with Crippen molar-refractivity contribution in [2.75, 3.05) is 6.16 Å². The molecule has 0 heterocycles. The Hall–Kier alpha value is -1.89. The monoisotopic (exact) mass is 317 g/mol. The van der Waals surface area contributed by atoms with Crippen molar-refractivity contribution in [2.24, 2.45) is 0 Å². The molecule has 1 aromatic carbocycles. The van der Waals surface area contributed by atoms with Crippen LogP contribution in [0, 0.1) is 0 Å². The predicted molar refractivity (Wildman–Crippen MR) is 72.7 cm³/mol. The first-order valence-electron chi connectivity index (χ1n) is 6.02. The van der Waals surface area contributed by atoms with Gasteiger partial charge in [-0.05, 0) is 12.0 Å². The summed E-state index contributed by atoms with van der Waals surface area (Å²) in [6.45, 7) is -0.0303. The van der Waals surface area contributed by atoms with Gasteiger partial charge >= 0.3 is 19.7 Å². The van der Waals surface area contributed by atoms with Crippen molar-refractivity contribution < 1.29 is 33.8 Å². The second kappa shape index (κ2) is 7.78. The van der Waals surface area contributed by atoms with E-state index in [1.165, 1.54) is 0 Å². The van der Waals surface area contributed by atoms with Crippen molar-refractivity contribution >= 4 is 19.7 Å². The van der Waals surface area contributed by atoms with Crippen LogP contribution in [-0.2, 0) is 20.7 Å². The second-order valence-corrected chi connectivity index (χ2v) is 6.05. The Bertz CT molecular complexity index is 528. The van der Waals surface area contributed by atoms with Gasteiger partial charge in [0.1, 0.15) is 12.6 Å². The lowest BCUT2D eigenvalue weighted by Crippen LogP contribution is -2.41. The van der Waals surface area contributed by atoms with E-state index < -0.39 is 31.9 Å². The lowest BCUT2D eigenvalue weighted by atomic mass is 10.2. The van der Waals surface area contributed by atoms with Crippen molar-refractivity contribution in [1.29, 1.82) is 0 Å². The van der Waals surface area contributed by atoms with E-state index in [-0.39, 0.29) is 13.0 Å². The van der Waals surface area contributed by atoms with E-state index >= 15 is 0 Å². The third kappa shape index (κ3) is 7.45. The molecule has 1 aromatic rings. The Balaban J connectivity index is 2.45. The Morgan fingerprint density at radius 3 is 2.38 bits per heavy atom. The molecule has 0 aliphatic heterocycles. The zero-order valence-electron chi connectivity index (χ0n) is 11.0. The summed E-state index contributed by atoms with van der Waals surface area (Å²) in [5.41, 5.74) is 0.731. The zero-order valence-corrected chi connectivity index (χ0v) is 11.9. The van der Waals surface area contributed by atoms with E-state index in [1.54, 1.807) is 30.3 Å². The topological polar surface area (TPSA) is 133 Å². The molecule has 0 bridgehead atoms. The van der Waals surface area contributed by atoms with Crippen LogP contribution >= 0.6 is 7.60 Å². The van der Waals surface area contributed by atoms with Gasteiger partial charge in [0, 0.05) is 0 Å². The van der Waals surface area contributed by atoms with E-state index in [1.807, 2.05) is 0 Å². The molecule has 21 heavy (non-hydrogen) atoms. The van der Waals surface area contributed by atoms with Crippen molar-refractivity contribution in [3.8, 4) is 0 Å². The summed E-state index contributed by atoms with van der Waals surface area (Å²) in [5.74, 6) is -1.39. The van der Waals surface area contributed by atoms with E-state index in [0.717, 1.165) is 5.56 Å². The van der Waals surface area contributed by atoms with Crippen LogP contribution in [0.3, 0.4) is 0 Å². The van der Waals surface area contributed by atoms with Gasteiger partial charge in [0.25, 0.3) is 0 Å². The molecular formula is C12H16NO7P. The molecule has 0 spiro atoms. The number of alkyl carbamates (subject to hydrolysis) is 1. The molecule has 1 atom stereocenters. The van der Waals surface area contributed by atoms with Crippen LogP contribution in [0.5, 0.6) is 0 Å². The molecule has 0 saturated carbocycles. The molecule has 4 N–H and O–H groups in total. The average Bonchev–Trinajstić information content (AvgIpc) is 2.41. The number of nitrogens with one attached hydrogen (secondary N) is 1. The Morgan fingerprint density at radius 2 is 1.86 bits per heavy atom. The van der Waals surface area contributed by atoms with E-state index in [9.17, 15) is 14.2 Å². The summed E-state index contributed by atoms with van der Waals surface area (Å²) in [5, 5.41) is 10.9. The number of hydrogen-bond acceptors (Lipinski definition) is 4. The fourth-order valence-corrected chi connectivity index (χ4v) is 2.06. The first-order chi connectivity index (χ1) is 9.78. The minimum atomic E-state index is -4.32. The summed E-state index contributed by atoms with van der Waals surface area (Å²) in [6, 6.07) is 7.37. The number of rotatable bonds is 7. The van der Waals surface area contributed by atoms with Gasteiger partial charge in [-0.1, -0.05) is 30.3 Å². The van der Waals surface area contributed by atoms with Crippen molar-refractivity contribution in [1.82, 2.24) is 5.32 Å². The highest BCUT2D eigenvalue weighted by Crippen LogP contribution is 2.35. The highest BCUT2D eigenvalue weighted by Gasteiger charge is 2.24. The van der Waals surface area contributed by atoms with Crippen molar-refractivity contribution in [2.45, 2.75) is 19.1 Å². The fraction of sp³-hybridized carbons (Fsp3) is 0.333. The fourth-order valence-electron chi connectivity index (χ4n) is 1.46. The summed E-state index contributed by atoms with van der Waals surface area (Å²) in [7, 11) is -4.32. The Kier molecular flexibility index (Phi) is 6.36. The first kappa shape index (κ1) is 17.2. The summed E-state index contributed by atoms with van der Waals surface area (Å²) in [6.07, 6.45) is -1.99. The number of carbonyl (C=O) groups excluding carboxylic acids is 1. The van der Waals surface area contributed by atoms with Crippen LogP contribution in [0.2, 0.25) is 0 Å². The van der Waals surface area contributed by atoms with Gasteiger partial charge in [-0.25, -0.2) is 9.59 Å². The van der Waals surface area contributed by atoms with Crippen LogP contribution in [0.15, 0.2) is 30.3 Å². The Morgan fingerprint density at radius 1 is 1.24 bits per heavy atom. The lowest BCUT2D eigenvalue weighted by molar-refractivity contribution is -0.139. The average molecular weight is 317 g/mol. The minimum Gasteiger partial charge on any atom is -0.480 e. The van der Waals surface area contributed by atoms with Crippen LogP contribution in [0.1, 0.15) is 12.0 Å². The SMILES string of the molecule is O=C(N[C@@H](CCP(=O)(O)O)C(=O)O)OCc1ccccc1. The molecular weight excluding hydrogens is 301 g/mol. The number of aliphatic carboxylic acids is 1. The largest absolute Gasteiger partial charge is 0.480 e. The summed E-state index contributed by atoms with van der Waals surface area (Å²) < 4.78 is 15.5. The second-order valence-electron chi connectivity index (χ2n) is 4.27. The van der Waals surface area contributed by atoms with Gasteiger partial charge < -0.3 is 24.9 Å². The number of ether oxygens (including phenoxy) is 1. The maximum Gasteiger partial charge on any atom is 0.408 e. The van der Waals surface area contributed by atoms with Gasteiger partial charge in [0.05, 0.1) is 6.16 Å². The molecule has 1 amide bonds. The first-order valence-corrected chi connectivity index (χ1v) is 7.82. The molecule has 8 nitrogen and oxygen atoms in total. The van der Waals surface area contributed by atoms with Crippen LogP contribution < -0.4 is 5.32 Å². The van der Waals surface area contributed by atoms with Gasteiger partial charge in [0.2, 0.25) is 0 Å². The zero-order chi connectivity index (χ0) is 15.9. The molecule has 116 valence electrons. The van der Waals surface area contributed by atoms with E-state index in [0.29, 0.717) is 0 Å². The highest BCUT2D eigenvalue weighted by molar-refractivity contribution is 7.51. The molecule has 0 aromatic heterocycles. The number of carbonyl (C=O) groups is 2. The Labute approximate surface area is 120 Å². The van der Waals surface area contributed by atoms with Crippen molar-refractivity contribution in [3.05, 3.63) is 35.9 Å². The predicted octanol–water partition coefficient (Wildman–Crippen LogP) is 0.934. The van der Waals surface area contributed by atoms with Crippen LogP contribution in [0.25, 0.3) is 0 Å². The van der Waals surface area contributed by atoms with Crippen LogP contribution in [-0.4, -0.2) is 39.2 Å².